The van der Waals surface area contributed by atoms with Gasteiger partial charge in [0.1, 0.15) is 11.8 Å². The predicted molar refractivity (Wildman–Crippen MR) is 111 cm³/mol. The fourth-order valence-electron chi connectivity index (χ4n) is 2.82. The molecule has 1 N–H and O–H groups in total. The van der Waals surface area contributed by atoms with Crippen molar-refractivity contribution in [2.75, 3.05) is 19.7 Å². The van der Waals surface area contributed by atoms with E-state index in [1.807, 2.05) is 26.0 Å². The Morgan fingerprint density at radius 2 is 2.07 bits per heavy atom. The van der Waals surface area contributed by atoms with Crippen LogP contribution in [-0.4, -0.2) is 54.5 Å². The van der Waals surface area contributed by atoms with Gasteiger partial charge >= 0.3 is 5.97 Å². The molecule has 2 amide bonds. The van der Waals surface area contributed by atoms with Gasteiger partial charge in [0.25, 0.3) is 5.91 Å². The molecule has 2 rings (SSSR count). The van der Waals surface area contributed by atoms with E-state index >= 15 is 0 Å². The van der Waals surface area contributed by atoms with Crippen LogP contribution < -0.4 is 10.1 Å². The molecule has 9 heteroatoms. The van der Waals surface area contributed by atoms with E-state index in [1.54, 1.807) is 6.92 Å². The molecule has 0 radical (unpaired) electrons. The predicted octanol–water partition coefficient (Wildman–Crippen LogP) is 2.96. The Morgan fingerprint density at radius 1 is 1.36 bits per heavy atom. The first-order valence-electron chi connectivity index (χ1n) is 9.08. The van der Waals surface area contributed by atoms with E-state index in [-0.39, 0.29) is 30.9 Å². The Bertz CT molecular complexity index is 733. The van der Waals surface area contributed by atoms with Gasteiger partial charge in [-0.05, 0) is 53.9 Å². The van der Waals surface area contributed by atoms with Crippen LogP contribution in [0, 0.1) is 6.92 Å². The molecule has 1 heterocycles. The lowest BCUT2D eigenvalue weighted by molar-refractivity contribution is -0.155. The molecule has 0 aromatic heterocycles. The highest BCUT2D eigenvalue weighted by Gasteiger charge is 2.35. The number of esters is 1. The van der Waals surface area contributed by atoms with Gasteiger partial charge in [-0.2, -0.15) is 0 Å². The van der Waals surface area contributed by atoms with Crippen LogP contribution in [0.25, 0.3) is 0 Å². The van der Waals surface area contributed by atoms with Gasteiger partial charge in [-0.3, -0.25) is 14.4 Å². The van der Waals surface area contributed by atoms with Crippen LogP contribution in [0.2, 0.25) is 0 Å². The van der Waals surface area contributed by atoms with Crippen molar-refractivity contribution >= 4 is 49.6 Å². The molecule has 0 saturated carbocycles. The second-order valence-electron chi connectivity index (χ2n) is 6.63. The zero-order valence-electron chi connectivity index (χ0n) is 16.1. The second-order valence-corrected chi connectivity index (χ2v) is 8.40. The average Bonchev–Trinajstić information content (AvgIpc) is 2.62. The first kappa shape index (κ1) is 22.7. The van der Waals surface area contributed by atoms with E-state index in [9.17, 15) is 14.4 Å². The highest BCUT2D eigenvalue weighted by Crippen LogP contribution is 2.32. The normalized spacial score (nSPS) is 17.7. The molecule has 2 unspecified atom stereocenters. The van der Waals surface area contributed by atoms with Gasteiger partial charge in [-0.15, -0.1) is 0 Å². The Balaban J connectivity index is 2.05. The summed E-state index contributed by atoms with van der Waals surface area (Å²) in [4.78, 5) is 38.5. The average molecular weight is 520 g/mol. The maximum atomic E-state index is 12.7. The summed E-state index contributed by atoms with van der Waals surface area (Å²) in [5.41, 5.74) is 0.860. The first-order chi connectivity index (χ1) is 13.2. The number of piperazine rings is 1. The molecule has 1 aromatic carbocycles. The molecule has 1 aromatic rings. The summed E-state index contributed by atoms with van der Waals surface area (Å²) in [6, 6.07) is 2.82. The molecule has 1 saturated heterocycles. The van der Waals surface area contributed by atoms with Crippen LogP contribution in [0.1, 0.15) is 32.3 Å². The van der Waals surface area contributed by atoms with E-state index in [0.29, 0.717) is 25.3 Å². The number of rotatable bonds is 7. The first-order valence-corrected chi connectivity index (χ1v) is 10.7. The molecule has 2 atom stereocenters. The van der Waals surface area contributed by atoms with Crippen molar-refractivity contribution in [3.05, 3.63) is 26.6 Å². The van der Waals surface area contributed by atoms with Crippen molar-refractivity contribution in [1.82, 2.24) is 10.2 Å². The third kappa shape index (κ3) is 5.94. The lowest BCUT2D eigenvalue weighted by Gasteiger charge is -2.34. The van der Waals surface area contributed by atoms with E-state index < -0.39 is 12.0 Å². The lowest BCUT2D eigenvalue weighted by Crippen LogP contribution is -2.58. The Morgan fingerprint density at radius 3 is 2.71 bits per heavy atom. The van der Waals surface area contributed by atoms with Gasteiger partial charge in [0, 0.05) is 17.6 Å². The summed E-state index contributed by atoms with van der Waals surface area (Å²) >= 11 is 6.82. The van der Waals surface area contributed by atoms with E-state index in [1.165, 1.54) is 4.90 Å². The number of ether oxygens (including phenoxy) is 2. The van der Waals surface area contributed by atoms with Crippen molar-refractivity contribution in [1.29, 1.82) is 0 Å². The summed E-state index contributed by atoms with van der Waals surface area (Å²) in [6.07, 6.45) is 0.271. The maximum absolute atomic E-state index is 12.7. The van der Waals surface area contributed by atoms with Gasteiger partial charge in [0.2, 0.25) is 5.91 Å². The molecule has 7 nitrogen and oxygen atoms in total. The highest BCUT2D eigenvalue weighted by atomic mass is 79.9. The van der Waals surface area contributed by atoms with Crippen LogP contribution in [0.15, 0.2) is 21.1 Å². The number of hydrogen-bond acceptors (Lipinski definition) is 5. The van der Waals surface area contributed by atoms with Crippen molar-refractivity contribution < 1.29 is 23.9 Å². The van der Waals surface area contributed by atoms with E-state index in [0.717, 1.165) is 14.5 Å². The van der Waals surface area contributed by atoms with Gasteiger partial charge in [-0.25, -0.2) is 0 Å². The topological polar surface area (TPSA) is 84.9 Å². The number of hydrogen-bond donors (Lipinski definition) is 1. The lowest BCUT2D eigenvalue weighted by atomic mass is 10.1. The number of carbonyl (C=O) groups is 3. The summed E-state index contributed by atoms with van der Waals surface area (Å²) in [5, 5.41) is 2.69. The van der Waals surface area contributed by atoms with Crippen LogP contribution in [0.4, 0.5) is 0 Å². The van der Waals surface area contributed by atoms with Crippen molar-refractivity contribution in [2.24, 2.45) is 0 Å². The Labute approximate surface area is 181 Å². The number of nitrogens with zero attached hydrogens (tertiary/aromatic N) is 1. The van der Waals surface area contributed by atoms with Gasteiger partial charge in [0.15, 0.2) is 6.61 Å². The van der Waals surface area contributed by atoms with Gasteiger partial charge in [-0.1, -0.05) is 22.9 Å². The third-order valence-corrected chi connectivity index (χ3v) is 5.50. The van der Waals surface area contributed by atoms with Crippen LogP contribution >= 0.6 is 31.9 Å². The van der Waals surface area contributed by atoms with Crippen molar-refractivity contribution in [2.45, 2.75) is 45.8 Å². The van der Waals surface area contributed by atoms with Crippen molar-refractivity contribution in [3.8, 4) is 5.75 Å². The summed E-state index contributed by atoms with van der Waals surface area (Å²) in [6.45, 7) is 5.98. The van der Waals surface area contributed by atoms with Crippen LogP contribution in [-0.2, 0) is 19.1 Å². The standard InChI is InChI=1S/C19H24Br2N2O5/c1-4-12(3)28-17(25)9-15-19(26)22-5-6-23(15)16(24)10-27-18-11(2)7-13(20)8-14(18)21/h7-8,12,15H,4-6,9-10H2,1-3H3,(H,22,26). The molecule has 0 spiro atoms. The molecular weight excluding hydrogens is 496 g/mol. The molecule has 1 aliphatic heterocycles. The summed E-state index contributed by atoms with van der Waals surface area (Å²) in [5.74, 6) is -0.653. The van der Waals surface area contributed by atoms with Crippen molar-refractivity contribution in [3.63, 3.8) is 0 Å². The maximum Gasteiger partial charge on any atom is 0.308 e. The molecule has 0 bridgehead atoms. The van der Waals surface area contributed by atoms with Gasteiger partial charge in [0.05, 0.1) is 17.0 Å². The molecule has 1 fully saturated rings. The van der Waals surface area contributed by atoms with Gasteiger partial charge < -0.3 is 19.7 Å². The zero-order chi connectivity index (χ0) is 20.8. The second kappa shape index (κ2) is 10.2. The number of aryl methyl sites for hydroxylation is 1. The molecule has 28 heavy (non-hydrogen) atoms. The number of amides is 2. The Hall–Kier alpha value is -1.61. The van der Waals surface area contributed by atoms with Crippen LogP contribution in [0.5, 0.6) is 5.75 Å². The zero-order valence-corrected chi connectivity index (χ0v) is 19.3. The SMILES string of the molecule is CCC(C)OC(=O)CC1C(=O)NCCN1C(=O)COc1c(C)cc(Br)cc1Br. The number of carbonyl (C=O) groups excluding carboxylic acids is 3. The highest BCUT2D eigenvalue weighted by molar-refractivity contribution is 9.11. The monoisotopic (exact) mass is 518 g/mol. The number of benzene rings is 1. The Kier molecular flexibility index (Phi) is 8.30. The largest absolute Gasteiger partial charge is 0.482 e. The van der Waals surface area contributed by atoms with Crippen LogP contribution in [0.3, 0.4) is 0 Å². The minimum atomic E-state index is -0.893. The van der Waals surface area contributed by atoms with E-state index in [2.05, 4.69) is 37.2 Å². The smallest absolute Gasteiger partial charge is 0.308 e. The molecule has 1 aliphatic rings. The minimum absolute atomic E-state index is 0.178. The quantitative estimate of drug-likeness (QED) is 0.560. The summed E-state index contributed by atoms with van der Waals surface area (Å²) < 4.78 is 12.6. The minimum Gasteiger partial charge on any atom is -0.482 e. The molecule has 154 valence electrons. The molecular formula is C19H24Br2N2O5. The number of halogens is 2. The fraction of sp³-hybridized carbons (Fsp3) is 0.526. The summed E-state index contributed by atoms with van der Waals surface area (Å²) in [7, 11) is 0. The molecule has 0 aliphatic carbocycles. The number of nitrogens with one attached hydrogen (secondary N) is 1. The fourth-order valence-corrected chi connectivity index (χ4v) is 4.37. The van der Waals surface area contributed by atoms with E-state index in [4.69, 9.17) is 9.47 Å². The third-order valence-electron chi connectivity index (χ3n) is 4.45.